The lowest BCUT2D eigenvalue weighted by molar-refractivity contribution is -0.128. The molecule has 1 amide bonds. The number of aryl methyl sites for hydroxylation is 1. The summed E-state index contributed by atoms with van der Waals surface area (Å²) in [7, 11) is 0. The molecule has 1 unspecified atom stereocenters. The summed E-state index contributed by atoms with van der Waals surface area (Å²) in [5.41, 5.74) is 3.47. The lowest BCUT2D eigenvalue weighted by Crippen LogP contribution is -2.24. The van der Waals surface area contributed by atoms with Crippen molar-refractivity contribution in [1.29, 1.82) is 0 Å². The number of carbonyl (C=O) groups excluding carboxylic acids is 1. The third kappa shape index (κ3) is 9.49. The van der Waals surface area contributed by atoms with Crippen LogP contribution in [0.4, 0.5) is 0 Å². The number of hydrogen-bond acceptors (Lipinski definition) is 2. The number of carbonyl (C=O) groups is 1. The van der Waals surface area contributed by atoms with Gasteiger partial charge < -0.3 is 9.47 Å². The normalized spacial score (nSPS) is 15.5. The highest BCUT2D eigenvalue weighted by atomic mass is 16.2. The van der Waals surface area contributed by atoms with Gasteiger partial charge in [-0.25, -0.2) is 4.98 Å². The number of rotatable bonds is 20. The number of aromatic nitrogens is 2. The summed E-state index contributed by atoms with van der Waals surface area (Å²) in [6.45, 7) is 4.74. The van der Waals surface area contributed by atoms with Crippen LogP contribution in [0.1, 0.15) is 133 Å². The molecule has 1 aromatic heterocycles. The Morgan fingerprint density at radius 1 is 0.700 bits per heavy atom. The van der Waals surface area contributed by atoms with E-state index in [9.17, 15) is 4.79 Å². The zero-order valence-corrected chi connectivity index (χ0v) is 25.2. The Morgan fingerprint density at radius 3 is 1.88 bits per heavy atom. The summed E-state index contributed by atoms with van der Waals surface area (Å²) in [5.74, 6) is 1.52. The van der Waals surface area contributed by atoms with Gasteiger partial charge in [-0.1, -0.05) is 146 Å². The fraction of sp³-hybridized carbons (Fsp3) is 0.611. The molecule has 40 heavy (non-hydrogen) atoms. The predicted octanol–water partition coefficient (Wildman–Crippen LogP) is 9.81. The van der Waals surface area contributed by atoms with Gasteiger partial charge in [0.25, 0.3) is 0 Å². The van der Waals surface area contributed by atoms with Gasteiger partial charge in [0.1, 0.15) is 5.82 Å². The van der Waals surface area contributed by atoms with Gasteiger partial charge in [-0.15, -0.1) is 0 Å². The number of nitrogens with zero attached hydrogens (tertiary/aromatic N) is 3. The van der Waals surface area contributed by atoms with E-state index in [0.717, 1.165) is 24.4 Å². The Kier molecular flexibility index (Phi) is 13.1. The topological polar surface area (TPSA) is 38.1 Å². The molecule has 0 bridgehead atoms. The van der Waals surface area contributed by atoms with Crippen LogP contribution in [-0.4, -0.2) is 26.9 Å². The van der Waals surface area contributed by atoms with Gasteiger partial charge in [-0.3, -0.25) is 4.79 Å². The van der Waals surface area contributed by atoms with Crippen molar-refractivity contribution in [2.24, 2.45) is 0 Å². The standard InChI is InChI=1S/C36H53N3O/c1-2-3-4-5-6-7-8-9-10-11-12-13-14-15-16-22-27-39-34-26-21-20-25-33(34)37-36(39)32-28-35(40)38(30-32)29-31-23-18-17-19-24-31/h17-21,23-26,32H,2-16,22,27-30H2,1H3. The van der Waals surface area contributed by atoms with Crippen LogP contribution in [0.3, 0.4) is 0 Å². The van der Waals surface area contributed by atoms with E-state index in [2.05, 4.69) is 47.9 Å². The Balaban J connectivity index is 1.14. The SMILES string of the molecule is CCCCCCCCCCCCCCCCCCn1c(C2CC(=O)N(Cc3ccccc3)C2)nc2ccccc21. The number of unbranched alkanes of at least 4 members (excludes halogenated alkanes) is 15. The van der Waals surface area contributed by atoms with E-state index in [-0.39, 0.29) is 11.8 Å². The molecular weight excluding hydrogens is 490 g/mol. The molecule has 4 heteroatoms. The van der Waals surface area contributed by atoms with Crippen LogP contribution in [0.2, 0.25) is 0 Å². The molecule has 1 atom stereocenters. The number of benzene rings is 2. The molecule has 2 aromatic carbocycles. The Bertz CT molecular complexity index is 1120. The Hall–Kier alpha value is -2.62. The molecule has 1 saturated heterocycles. The molecule has 0 N–H and O–H groups in total. The van der Waals surface area contributed by atoms with E-state index in [0.29, 0.717) is 13.0 Å². The maximum Gasteiger partial charge on any atom is 0.223 e. The summed E-state index contributed by atoms with van der Waals surface area (Å²) < 4.78 is 2.42. The van der Waals surface area contributed by atoms with E-state index >= 15 is 0 Å². The molecule has 1 aliphatic rings. The van der Waals surface area contributed by atoms with E-state index in [1.165, 1.54) is 114 Å². The average Bonchev–Trinajstić information content (AvgIpc) is 3.53. The third-order valence-electron chi connectivity index (χ3n) is 8.72. The quantitative estimate of drug-likeness (QED) is 0.133. The molecule has 1 fully saturated rings. The highest BCUT2D eigenvalue weighted by molar-refractivity contribution is 5.81. The third-order valence-corrected chi connectivity index (χ3v) is 8.72. The van der Waals surface area contributed by atoms with Crippen LogP contribution in [0.25, 0.3) is 11.0 Å². The van der Waals surface area contributed by atoms with Crippen molar-refractivity contribution in [3.05, 3.63) is 66.0 Å². The maximum atomic E-state index is 12.9. The van der Waals surface area contributed by atoms with Gasteiger partial charge in [-0.05, 0) is 24.1 Å². The predicted molar refractivity (Wildman–Crippen MR) is 168 cm³/mol. The minimum atomic E-state index is 0.171. The second-order valence-electron chi connectivity index (χ2n) is 12.1. The van der Waals surface area contributed by atoms with Crippen molar-refractivity contribution in [2.45, 2.75) is 135 Å². The largest absolute Gasteiger partial charge is 0.338 e. The number of hydrogen-bond donors (Lipinski definition) is 0. The summed E-state index contributed by atoms with van der Waals surface area (Å²) in [5, 5.41) is 0. The molecule has 2 heterocycles. The summed E-state index contributed by atoms with van der Waals surface area (Å²) in [6, 6.07) is 18.8. The fourth-order valence-corrected chi connectivity index (χ4v) is 6.36. The molecule has 0 saturated carbocycles. The summed E-state index contributed by atoms with van der Waals surface area (Å²) in [4.78, 5) is 20.0. The molecular formula is C36H53N3O. The van der Waals surface area contributed by atoms with Crippen LogP contribution in [0.15, 0.2) is 54.6 Å². The lowest BCUT2D eigenvalue weighted by atomic mass is 10.0. The van der Waals surface area contributed by atoms with Crippen LogP contribution < -0.4 is 0 Å². The van der Waals surface area contributed by atoms with Crippen LogP contribution in [-0.2, 0) is 17.9 Å². The van der Waals surface area contributed by atoms with Crippen molar-refractivity contribution in [3.63, 3.8) is 0 Å². The fourth-order valence-electron chi connectivity index (χ4n) is 6.36. The van der Waals surface area contributed by atoms with Crippen LogP contribution >= 0.6 is 0 Å². The molecule has 0 aliphatic carbocycles. The molecule has 4 nitrogen and oxygen atoms in total. The second kappa shape index (κ2) is 17.3. The van der Waals surface area contributed by atoms with E-state index < -0.39 is 0 Å². The number of amides is 1. The zero-order chi connectivity index (χ0) is 27.8. The molecule has 4 rings (SSSR count). The molecule has 1 aliphatic heterocycles. The van der Waals surface area contributed by atoms with Crippen LogP contribution in [0.5, 0.6) is 0 Å². The van der Waals surface area contributed by atoms with Gasteiger partial charge in [0.15, 0.2) is 0 Å². The highest BCUT2D eigenvalue weighted by Gasteiger charge is 2.33. The van der Waals surface area contributed by atoms with Gasteiger partial charge >= 0.3 is 0 Å². The average molecular weight is 544 g/mol. The minimum absolute atomic E-state index is 0.171. The van der Waals surface area contributed by atoms with Crippen molar-refractivity contribution in [3.8, 4) is 0 Å². The van der Waals surface area contributed by atoms with Crippen LogP contribution in [0, 0.1) is 0 Å². The maximum absolute atomic E-state index is 12.9. The second-order valence-corrected chi connectivity index (χ2v) is 12.1. The van der Waals surface area contributed by atoms with Gasteiger partial charge in [0.2, 0.25) is 5.91 Å². The minimum Gasteiger partial charge on any atom is -0.338 e. The number of fused-ring (bicyclic) bond motifs is 1. The van der Waals surface area contributed by atoms with Crippen molar-refractivity contribution < 1.29 is 4.79 Å². The first-order valence-electron chi connectivity index (χ1n) is 16.5. The zero-order valence-electron chi connectivity index (χ0n) is 25.2. The first kappa shape index (κ1) is 30.3. The molecule has 3 aromatic rings. The number of para-hydroxylation sites is 2. The number of likely N-dealkylation sites (tertiary alicyclic amines) is 1. The molecule has 0 spiro atoms. The summed E-state index contributed by atoms with van der Waals surface area (Å²) >= 11 is 0. The van der Waals surface area contributed by atoms with Gasteiger partial charge in [0.05, 0.1) is 11.0 Å². The van der Waals surface area contributed by atoms with E-state index in [1.807, 2.05) is 23.1 Å². The highest BCUT2D eigenvalue weighted by Crippen LogP contribution is 2.31. The van der Waals surface area contributed by atoms with Crippen molar-refractivity contribution >= 4 is 16.9 Å². The molecule has 0 radical (unpaired) electrons. The van der Waals surface area contributed by atoms with Gasteiger partial charge in [0, 0.05) is 32.0 Å². The molecule has 218 valence electrons. The van der Waals surface area contributed by atoms with Crippen molar-refractivity contribution in [1.82, 2.24) is 14.5 Å². The Morgan fingerprint density at radius 2 is 1.25 bits per heavy atom. The smallest absolute Gasteiger partial charge is 0.223 e. The first-order valence-corrected chi connectivity index (χ1v) is 16.5. The number of imidazole rings is 1. The van der Waals surface area contributed by atoms with E-state index in [4.69, 9.17) is 4.98 Å². The Labute approximate surface area is 243 Å². The van der Waals surface area contributed by atoms with Gasteiger partial charge in [-0.2, -0.15) is 0 Å². The summed E-state index contributed by atoms with van der Waals surface area (Å²) in [6.07, 6.45) is 22.8. The first-order chi connectivity index (χ1) is 19.8. The van der Waals surface area contributed by atoms with E-state index in [1.54, 1.807) is 0 Å². The van der Waals surface area contributed by atoms with Crippen molar-refractivity contribution in [2.75, 3.05) is 6.54 Å². The lowest BCUT2D eigenvalue weighted by Gasteiger charge is -2.17. The monoisotopic (exact) mass is 543 g/mol.